The maximum absolute atomic E-state index is 12.5. The van der Waals surface area contributed by atoms with Gasteiger partial charge in [-0.25, -0.2) is 13.1 Å². The van der Waals surface area contributed by atoms with Crippen LogP contribution < -0.4 is 10.0 Å². The third kappa shape index (κ3) is 3.02. The van der Waals surface area contributed by atoms with E-state index in [-0.39, 0.29) is 6.04 Å². The summed E-state index contributed by atoms with van der Waals surface area (Å²) in [5, 5.41) is 4.88. The molecule has 2 aliphatic rings. The number of hydrogen-bond acceptors (Lipinski definition) is 4. The maximum Gasteiger partial charge on any atom is 0.241 e. The molecule has 2 fully saturated rings. The number of sulfonamides is 1. The van der Waals surface area contributed by atoms with Gasteiger partial charge in [-0.3, -0.25) is 0 Å². The molecule has 0 aromatic carbocycles. The first-order valence-electron chi connectivity index (χ1n) is 6.85. The lowest BCUT2D eigenvalue weighted by Gasteiger charge is -2.17. The normalized spacial score (nSPS) is 20.1. The second kappa shape index (κ2) is 5.16. The quantitative estimate of drug-likeness (QED) is 0.809. The number of rotatable bonds is 7. The van der Waals surface area contributed by atoms with Crippen LogP contribution in [0.2, 0.25) is 0 Å². The summed E-state index contributed by atoms with van der Waals surface area (Å²) >= 11 is 1.49. The Morgan fingerprint density at radius 2 is 1.95 bits per heavy atom. The molecule has 4 nitrogen and oxygen atoms in total. The fourth-order valence-corrected chi connectivity index (χ4v) is 5.42. The molecule has 1 aromatic heterocycles. The van der Waals surface area contributed by atoms with Gasteiger partial charge in [0.2, 0.25) is 10.0 Å². The number of thiophene rings is 1. The zero-order chi connectivity index (χ0) is 13.5. The highest BCUT2D eigenvalue weighted by Crippen LogP contribution is 2.45. The van der Waals surface area contributed by atoms with Crippen molar-refractivity contribution in [2.24, 2.45) is 11.8 Å². The monoisotopic (exact) mass is 300 g/mol. The first-order chi connectivity index (χ1) is 9.12. The molecule has 0 bridgehead atoms. The SMILES string of the molecule is CNCc1sccc1S(=O)(=O)NC(C1CC1)C1CC1. The molecule has 0 amide bonds. The molecule has 0 atom stereocenters. The van der Waals surface area contributed by atoms with Crippen LogP contribution in [0.1, 0.15) is 30.6 Å². The van der Waals surface area contributed by atoms with Crippen molar-refractivity contribution in [1.82, 2.24) is 10.0 Å². The minimum atomic E-state index is -3.36. The van der Waals surface area contributed by atoms with Gasteiger partial charge in [-0.2, -0.15) is 0 Å². The summed E-state index contributed by atoms with van der Waals surface area (Å²) in [6.07, 6.45) is 4.71. The third-order valence-corrected chi connectivity index (χ3v) is 6.48. The second-order valence-electron chi connectivity index (χ2n) is 5.56. The van der Waals surface area contributed by atoms with Crippen molar-refractivity contribution in [1.29, 1.82) is 0 Å². The van der Waals surface area contributed by atoms with Gasteiger partial charge in [-0.05, 0) is 56.0 Å². The van der Waals surface area contributed by atoms with E-state index in [2.05, 4.69) is 10.0 Å². The molecule has 2 N–H and O–H groups in total. The van der Waals surface area contributed by atoms with Crippen molar-refractivity contribution in [3.63, 3.8) is 0 Å². The Morgan fingerprint density at radius 1 is 1.32 bits per heavy atom. The van der Waals surface area contributed by atoms with Crippen LogP contribution in [0.4, 0.5) is 0 Å². The molecule has 3 rings (SSSR count). The van der Waals surface area contributed by atoms with E-state index in [0.717, 1.165) is 4.88 Å². The van der Waals surface area contributed by atoms with Crippen LogP contribution in [0.5, 0.6) is 0 Å². The molecule has 0 unspecified atom stereocenters. The van der Waals surface area contributed by atoms with E-state index < -0.39 is 10.0 Å². The largest absolute Gasteiger partial charge is 0.315 e. The maximum atomic E-state index is 12.5. The van der Waals surface area contributed by atoms with Crippen LogP contribution in [0.25, 0.3) is 0 Å². The zero-order valence-corrected chi connectivity index (χ0v) is 12.7. The van der Waals surface area contributed by atoms with Gasteiger partial charge < -0.3 is 5.32 Å². The molecule has 0 radical (unpaired) electrons. The van der Waals surface area contributed by atoms with Crippen LogP contribution in [0.15, 0.2) is 16.3 Å². The van der Waals surface area contributed by atoms with E-state index in [9.17, 15) is 8.42 Å². The van der Waals surface area contributed by atoms with E-state index in [1.165, 1.54) is 37.0 Å². The highest BCUT2D eigenvalue weighted by Gasteiger charge is 2.43. The van der Waals surface area contributed by atoms with Crippen LogP contribution in [0.3, 0.4) is 0 Å². The Kier molecular flexibility index (Phi) is 3.68. The van der Waals surface area contributed by atoms with Crippen LogP contribution in [-0.4, -0.2) is 21.5 Å². The van der Waals surface area contributed by atoms with Gasteiger partial charge in [0.05, 0.1) is 4.90 Å². The zero-order valence-electron chi connectivity index (χ0n) is 11.1. The smallest absolute Gasteiger partial charge is 0.241 e. The fraction of sp³-hybridized carbons (Fsp3) is 0.692. The van der Waals surface area contributed by atoms with Crippen LogP contribution in [0, 0.1) is 11.8 Å². The highest BCUT2D eigenvalue weighted by molar-refractivity contribution is 7.89. The Balaban J connectivity index is 1.79. The molecule has 0 saturated heterocycles. The molecule has 2 aliphatic carbocycles. The number of nitrogens with one attached hydrogen (secondary N) is 2. The van der Waals surface area contributed by atoms with Gasteiger partial charge in [0.25, 0.3) is 0 Å². The summed E-state index contributed by atoms with van der Waals surface area (Å²) in [5.74, 6) is 1.15. The van der Waals surface area contributed by atoms with Crippen molar-refractivity contribution in [2.45, 2.75) is 43.2 Å². The summed E-state index contributed by atoms with van der Waals surface area (Å²) in [6.45, 7) is 0.603. The molecule has 0 aliphatic heterocycles. The van der Waals surface area contributed by atoms with Gasteiger partial charge in [0, 0.05) is 17.5 Å². The molecule has 0 spiro atoms. The minimum Gasteiger partial charge on any atom is -0.315 e. The van der Waals surface area contributed by atoms with Crippen molar-refractivity contribution in [3.8, 4) is 0 Å². The average Bonchev–Trinajstić information content (AvgIpc) is 3.26. The van der Waals surface area contributed by atoms with Crippen molar-refractivity contribution in [2.75, 3.05) is 7.05 Å². The van der Waals surface area contributed by atoms with E-state index in [1.807, 2.05) is 12.4 Å². The molecule has 1 heterocycles. The van der Waals surface area contributed by atoms with Gasteiger partial charge in [-0.15, -0.1) is 11.3 Å². The third-order valence-electron chi connectivity index (χ3n) is 3.88. The summed E-state index contributed by atoms with van der Waals surface area (Å²) in [6, 6.07) is 1.89. The predicted octanol–water partition coefficient (Wildman–Crippen LogP) is 1.93. The van der Waals surface area contributed by atoms with E-state index in [0.29, 0.717) is 23.3 Å². The molecular formula is C13H20N2O2S2. The summed E-state index contributed by atoms with van der Waals surface area (Å²) < 4.78 is 28.0. The van der Waals surface area contributed by atoms with Crippen molar-refractivity contribution >= 4 is 21.4 Å². The molecule has 2 saturated carbocycles. The topological polar surface area (TPSA) is 58.2 Å². The first kappa shape index (κ1) is 13.5. The molecule has 1 aromatic rings. The minimum absolute atomic E-state index is 0.173. The van der Waals surface area contributed by atoms with E-state index in [4.69, 9.17) is 0 Å². The Morgan fingerprint density at radius 3 is 2.47 bits per heavy atom. The fourth-order valence-electron chi connectivity index (χ4n) is 2.59. The number of hydrogen-bond donors (Lipinski definition) is 2. The van der Waals surface area contributed by atoms with Crippen molar-refractivity contribution < 1.29 is 8.42 Å². The summed E-state index contributed by atoms with van der Waals surface area (Å²) in [4.78, 5) is 1.35. The van der Waals surface area contributed by atoms with Gasteiger partial charge in [-0.1, -0.05) is 0 Å². The van der Waals surface area contributed by atoms with Gasteiger partial charge in [0.15, 0.2) is 0 Å². The first-order valence-corrected chi connectivity index (χ1v) is 9.21. The molecule has 6 heteroatoms. The Hall–Kier alpha value is -0.430. The average molecular weight is 300 g/mol. The lowest BCUT2D eigenvalue weighted by atomic mass is 10.1. The second-order valence-corrected chi connectivity index (χ2v) is 8.24. The molecule has 106 valence electrons. The lowest BCUT2D eigenvalue weighted by molar-refractivity contribution is 0.471. The van der Waals surface area contributed by atoms with Crippen molar-refractivity contribution in [3.05, 3.63) is 16.3 Å². The van der Waals surface area contributed by atoms with E-state index in [1.54, 1.807) is 6.07 Å². The highest BCUT2D eigenvalue weighted by atomic mass is 32.2. The predicted molar refractivity (Wildman–Crippen MR) is 76.6 cm³/mol. The van der Waals surface area contributed by atoms with Crippen LogP contribution >= 0.6 is 11.3 Å². The lowest BCUT2D eigenvalue weighted by Crippen LogP contribution is -2.38. The van der Waals surface area contributed by atoms with E-state index >= 15 is 0 Å². The Labute approximate surface area is 118 Å². The van der Waals surface area contributed by atoms with Crippen LogP contribution in [-0.2, 0) is 16.6 Å². The standard InChI is InChI=1S/C13H20N2O2S2/c1-14-8-11-12(6-7-18-11)19(16,17)15-13(9-2-3-9)10-4-5-10/h6-7,9-10,13-15H,2-5,8H2,1H3. The molecule has 19 heavy (non-hydrogen) atoms. The summed E-state index contributed by atoms with van der Waals surface area (Å²) in [7, 11) is -1.52. The van der Waals surface area contributed by atoms with Gasteiger partial charge in [0.1, 0.15) is 0 Å². The Bertz CT molecular complexity index is 533. The summed E-state index contributed by atoms with van der Waals surface area (Å²) in [5.41, 5.74) is 0. The van der Waals surface area contributed by atoms with Gasteiger partial charge >= 0.3 is 0 Å². The molecular weight excluding hydrogens is 280 g/mol.